The van der Waals surface area contributed by atoms with Crippen LogP contribution in [0.3, 0.4) is 0 Å². The van der Waals surface area contributed by atoms with Crippen molar-refractivity contribution in [1.29, 1.82) is 0 Å². The number of hydrogen-bond acceptors (Lipinski definition) is 4. The molecular weight excluding hydrogens is 202 g/mol. The summed E-state index contributed by atoms with van der Waals surface area (Å²) in [5.74, 6) is 0. The van der Waals surface area contributed by atoms with Gasteiger partial charge >= 0.3 is 84.6 Å². The quantitative estimate of drug-likeness (QED) is 0.369. The summed E-state index contributed by atoms with van der Waals surface area (Å²) in [6.07, 6.45) is 0. The Hall–Kier alpha value is 1.70. The van der Waals surface area contributed by atoms with E-state index in [0.717, 1.165) is 0 Å². The summed E-state index contributed by atoms with van der Waals surface area (Å²) in [6.45, 7) is 0. The Kier molecular flexibility index (Phi) is 185. The Morgan fingerprint density at radius 3 is 1.00 bits per heavy atom. The van der Waals surface area contributed by atoms with Gasteiger partial charge in [-0.25, -0.2) is 0 Å². The van der Waals surface area contributed by atoms with Gasteiger partial charge in [-0.15, -0.1) is 0 Å². The van der Waals surface area contributed by atoms with Gasteiger partial charge in [0.1, 0.15) is 0 Å². The van der Waals surface area contributed by atoms with Crippen molar-refractivity contribution in [2.75, 3.05) is 0 Å². The van der Waals surface area contributed by atoms with Gasteiger partial charge in [-0.2, -0.15) is 0 Å². The van der Waals surface area contributed by atoms with Gasteiger partial charge in [0.2, 0.25) is 0 Å². The second kappa shape index (κ2) is 53.6. The van der Waals surface area contributed by atoms with Gasteiger partial charge in [0.05, 0.1) is 0 Å². The molecular formula is H6Al2CaO5Si. The Labute approximate surface area is 99.7 Å². The molecule has 0 aliphatic rings. The van der Waals surface area contributed by atoms with Gasteiger partial charge in [-0.05, 0) is 11.0 Å². The first kappa shape index (κ1) is 31.0. The van der Waals surface area contributed by atoms with Crippen LogP contribution >= 0.6 is 0 Å². The molecule has 0 aromatic rings. The van der Waals surface area contributed by atoms with Crippen LogP contribution in [0.2, 0.25) is 0 Å². The van der Waals surface area contributed by atoms with Crippen LogP contribution < -0.4 is 8.32 Å². The van der Waals surface area contributed by atoms with E-state index >= 15 is 0 Å². The van der Waals surface area contributed by atoms with Crippen molar-refractivity contribution in [2.24, 2.45) is 0 Å². The standard InChI is InChI=1S/2Al.Ca.H2O.4O.H4Si/h;;;1H2;;;;;1H4/q;;+2;;;;2*-1;. The smallest absolute Gasteiger partial charge is 0.0149 e. The van der Waals surface area contributed by atoms with E-state index in [2.05, 4.69) is 0 Å². The van der Waals surface area contributed by atoms with E-state index < -0.39 is 31.0 Å². The van der Waals surface area contributed by atoms with Crippen LogP contribution in [0, 0.1) is 0 Å². The molecule has 48 valence electrons. The summed E-state index contributed by atoms with van der Waals surface area (Å²) < 4.78 is 33.8. The van der Waals surface area contributed by atoms with Gasteiger partial charge in [0.15, 0.2) is 0 Å². The molecule has 0 bridgehead atoms. The zero-order valence-electron chi connectivity index (χ0n) is 3.99. The van der Waals surface area contributed by atoms with Crippen molar-refractivity contribution in [2.45, 2.75) is 0 Å². The minimum Gasteiger partial charge on any atom is -0.0149 e. The molecule has 0 unspecified atom stereocenters. The fraction of sp³-hybridized carbons (Fsp3) is 0. The van der Waals surface area contributed by atoms with Gasteiger partial charge in [0, 0.05) is 0 Å². The van der Waals surface area contributed by atoms with E-state index in [1.54, 1.807) is 0 Å². The third-order valence-corrected chi connectivity index (χ3v) is 0. The predicted octanol–water partition coefficient (Wildman–Crippen LogP) is -6.03. The fourth-order valence-corrected chi connectivity index (χ4v) is 0. The van der Waals surface area contributed by atoms with Crippen LogP contribution in [-0.4, -0.2) is 85.2 Å². The van der Waals surface area contributed by atoms with E-state index in [1.807, 2.05) is 0 Å². The maximum Gasteiger partial charge on any atom is -0.0149 e. The van der Waals surface area contributed by atoms with Gasteiger partial charge in [-0.1, -0.05) is 0 Å². The van der Waals surface area contributed by atoms with E-state index in [0.29, 0.717) is 0 Å². The molecule has 2 N–H and O–H groups in total. The van der Waals surface area contributed by atoms with Crippen LogP contribution in [0.4, 0.5) is 0 Å². The summed E-state index contributed by atoms with van der Waals surface area (Å²) in [6, 6.07) is 0. The second-order valence-electron chi connectivity index (χ2n) is 0.192. The van der Waals surface area contributed by atoms with E-state index in [-0.39, 0.29) is 54.2 Å². The first-order chi connectivity index (χ1) is 2.83. The van der Waals surface area contributed by atoms with Gasteiger partial charge in [-0.3, -0.25) is 0 Å². The summed E-state index contributed by atoms with van der Waals surface area (Å²) in [4.78, 5) is 0. The van der Waals surface area contributed by atoms with Crippen LogP contribution in [0.25, 0.3) is 0 Å². The largest absolute Gasteiger partial charge is 0.0149 e. The molecule has 0 aliphatic carbocycles. The average molecular weight is 208 g/mol. The zero-order chi connectivity index (χ0) is 5.41. The fourth-order valence-electron chi connectivity index (χ4n) is 0. The molecule has 0 amide bonds. The molecule has 0 atom stereocenters. The monoisotopic (exact) mass is 208 g/mol. The number of hydrogen-bond donors (Lipinski definition) is 0. The van der Waals surface area contributed by atoms with Gasteiger partial charge in [0.25, 0.3) is 0 Å². The van der Waals surface area contributed by atoms with Crippen LogP contribution in [0.15, 0.2) is 0 Å². The molecule has 5 nitrogen and oxygen atoms in total. The molecule has 0 saturated heterocycles. The first-order valence-electron chi connectivity index (χ1n) is 0.943. The summed E-state index contributed by atoms with van der Waals surface area (Å²) in [7, 11) is 0. The van der Waals surface area contributed by atoms with Crippen molar-refractivity contribution in [1.82, 2.24) is 0 Å². The van der Waals surface area contributed by atoms with Crippen LogP contribution in [-0.2, 0) is 7.61 Å². The molecule has 0 aliphatic heterocycles. The molecule has 9 heavy (non-hydrogen) atoms. The SMILES string of the molecule is O.[Ca+2].[O]=[Al][O-].[O]=[Al][O-].[SiH4]. The van der Waals surface area contributed by atoms with Crippen molar-refractivity contribution in [3.63, 3.8) is 0 Å². The maximum absolute atomic E-state index is 8.46. The molecule has 0 saturated carbocycles. The van der Waals surface area contributed by atoms with Crippen LogP contribution in [0.5, 0.6) is 0 Å². The summed E-state index contributed by atoms with van der Waals surface area (Å²) >= 11 is -3.50. The third-order valence-electron chi connectivity index (χ3n) is 0. The third kappa shape index (κ3) is 199. The summed E-state index contributed by atoms with van der Waals surface area (Å²) in [5.41, 5.74) is 0. The van der Waals surface area contributed by atoms with Crippen molar-refractivity contribution >= 4 is 79.7 Å². The minimum absolute atomic E-state index is 0. The van der Waals surface area contributed by atoms with Crippen LogP contribution in [0.1, 0.15) is 0 Å². The molecule has 0 aromatic carbocycles. The number of rotatable bonds is 0. The molecule has 0 heterocycles. The minimum atomic E-state index is -1.75. The molecule has 0 spiro atoms. The molecule has 0 aromatic heterocycles. The van der Waals surface area contributed by atoms with Gasteiger partial charge < -0.3 is 5.48 Å². The average Bonchev–Trinajstić information content (AvgIpc) is 1.39. The normalized spacial score (nSPS) is 1.78. The Bertz CT molecular complexity index is 35.9. The van der Waals surface area contributed by atoms with E-state index in [9.17, 15) is 0 Å². The van der Waals surface area contributed by atoms with E-state index in [4.69, 9.17) is 15.9 Å². The molecule has 9 heteroatoms. The molecule has 0 rings (SSSR count). The van der Waals surface area contributed by atoms with E-state index in [1.165, 1.54) is 0 Å². The second-order valence-corrected chi connectivity index (χ2v) is 0.577. The maximum atomic E-state index is 8.46. The Morgan fingerprint density at radius 1 is 1.00 bits per heavy atom. The first-order valence-corrected chi connectivity index (χ1v) is 2.83. The molecule has 0 fully saturated rings. The van der Waals surface area contributed by atoms with Crippen molar-refractivity contribution in [3.05, 3.63) is 0 Å². The zero-order valence-corrected chi connectivity index (χ0v) is 8.51. The predicted molar refractivity (Wildman–Crippen MR) is 33.6 cm³/mol. The topological polar surface area (TPSA) is 112 Å². The van der Waals surface area contributed by atoms with Crippen molar-refractivity contribution in [3.8, 4) is 0 Å². The molecule has 0 radical (unpaired) electrons. The summed E-state index contributed by atoms with van der Waals surface area (Å²) in [5, 5.41) is 0. The van der Waals surface area contributed by atoms with Crippen molar-refractivity contribution < 1.29 is 21.4 Å². The Balaban J connectivity index is -0.00000000889. The Morgan fingerprint density at radius 2 is 1.00 bits per heavy atom.